The smallest absolute Gasteiger partial charge is 0.227 e. The molecule has 1 aromatic carbocycles. The minimum absolute atomic E-state index is 0.00776. The Labute approximate surface area is 131 Å². The summed E-state index contributed by atoms with van der Waals surface area (Å²) in [5.41, 5.74) is 0.466. The van der Waals surface area contributed by atoms with Crippen molar-refractivity contribution in [1.29, 1.82) is 0 Å². The average molecular weight is 313 g/mol. The molecule has 0 bridgehead atoms. The Morgan fingerprint density at radius 2 is 1.86 bits per heavy atom. The van der Waals surface area contributed by atoms with Crippen LogP contribution in [0.2, 0.25) is 0 Å². The maximum absolute atomic E-state index is 14.1. The normalized spacial score (nSPS) is 12.3. The van der Waals surface area contributed by atoms with Crippen molar-refractivity contribution in [1.82, 2.24) is 4.90 Å². The fourth-order valence-corrected chi connectivity index (χ4v) is 2.36. The molecule has 1 unspecified atom stereocenters. The van der Waals surface area contributed by atoms with E-state index in [9.17, 15) is 13.6 Å². The fraction of sp³-hybridized carbons (Fsp3) is 0.588. The van der Waals surface area contributed by atoms with E-state index in [0.29, 0.717) is 31.7 Å². The highest BCUT2D eigenvalue weighted by molar-refractivity contribution is 5.78. The molecule has 1 aromatic rings. The van der Waals surface area contributed by atoms with Crippen LogP contribution in [0, 0.1) is 11.6 Å². The monoisotopic (exact) mass is 313 g/mol. The zero-order valence-corrected chi connectivity index (χ0v) is 13.8. The van der Waals surface area contributed by atoms with E-state index in [0.717, 1.165) is 0 Å². The molecule has 0 radical (unpaired) electrons. The topological polar surface area (TPSA) is 29.5 Å². The lowest BCUT2D eigenvalue weighted by molar-refractivity contribution is -0.130. The van der Waals surface area contributed by atoms with Crippen molar-refractivity contribution in [2.24, 2.45) is 0 Å². The van der Waals surface area contributed by atoms with Crippen molar-refractivity contribution in [2.75, 3.05) is 26.8 Å². The maximum atomic E-state index is 14.1. The Morgan fingerprint density at radius 1 is 1.27 bits per heavy atom. The summed E-state index contributed by atoms with van der Waals surface area (Å²) in [6.07, 6.45) is 0.652. The van der Waals surface area contributed by atoms with Crippen LogP contribution in [0.5, 0.6) is 0 Å². The molecule has 0 heterocycles. The molecule has 0 aliphatic heterocycles. The van der Waals surface area contributed by atoms with Gasteiger partial charge in [0.05, 0.1) is 13.0 Å². The number of amides is 1. The van der Waals surface area contributed by atoms with Gasteiger partial charge in [-0.05, 0) is 37.0 Å². The van der Waals surface area contributed by atoms with E-state index < -0.39 is 11.6 Å². The highest BCUT2D eigenvalue weighted by Gasteiger charge is 2.18. The quantitative estimate of drug-likeness (QED) is 0.735. The Kier molecular flexibility index (Phi) is 7.45. The SMILES string of the molecule is CCC(C)c1c(F)cc(CC(=O)N(CC)CCOC)cc1F. The second kappa shape index (κ2) is 8.83. The zero-order valence-electron chi connectivity index (χ0n) is 13.8. The molecule has 0 spiro atoms. The van der Waals surface area contributed by atoms with Crippen LogP contribution in [0.25, 0.3) is 0 Å². The second-order valence-corrected chi connectivity index (χ2v) is 5.43. The van der Waals surface area contributed by atoms with E-state index in [1.807, 2.05) is 13.8 Å². The minimum atomic E-state index is -0.572. The maximum Gasteiger partial charge on any atom is 0.227 e. The summed E-state index contributed by atoms with van der Waals surface area (Å²) in [6.45, 7) is 6.99. The highest BCUT2D eigenvalue weighted by Crippen LogP contribution is 2.26. The molecule has 1 atom stereocenters. The molecule has 0 fully saturated rings. The number of hydrogen-bond acceptors (Lipinski definition) is 2. The van der Waals surface area contributed by atoms with Crippen LogP contribution in [0.3, 0.4) is 0 Å². The van der Waals surface area contributed by atoms with Crippen molar-refractivity contribution >= 4 is 5.91 Å². The largest absolute Gasteiger partial charge is 0.383 e. The van der Waals surface area contributed by atoms with Gasteiger partial charge in [0.25, 0.3) is 0 Å². The third-order valence-electron chi connectivity index (χ3n) is 3.90. The molecule has 1 amide bonds. The molecule has 0 aliphatic rings. The van der Waals surface area contributed by atoms with Gasteiger partial charge in [-0.15, -0.1) is 0 Å². The van der Waals surface area contributed by atoms with Crippen LogP contribution in [0.4, 0.5) is 8.78 Å². The molecule has 1 rings (SSSR count). The number of nitrogens with zero attached hydrogens (tertiary/aromatic N) is 1. The molecule has 22 heavy (non-hydrogen) atoms. The van der Waals surface area contributed by atoms with Crippen LogP contribution >= 0.6 is 0 Å². The highest BCUT2D eigenvalue weighted by atomic mass is 19.1. The van der Waals surface area contributed by atoms with E-state index in [4.69, 9.17) is 4.74 Å². The minimum Gasteiger partial charge on any atom is -0.383 e. The number of halogens is 2. The van der Waals surface area contributed by atoms with Gasteiger partial charge in [0.1, 0.15) is 11.6 Å². The van der Waals surface area contributed by atoms with Gasteiger partial charge in [0, 0.05) is 25.8 Å². The van der Waals surface area contributed by atoms with Gasteiger partial charge < -0.3 is 9.64 Å². The van der Waals surface area contributed by atoms with Crippen molar-refractivity contribution in [2.45, 2.75) is 39.5 Å². The van der Waals surface area contributed by atoms with Crippen LogP contribution in [-0.2, 0) is 16.0 Å². The molecule has 124 valence electrons. The molecule has 3 nitrogen and oxygen atoms in total. The number of benzene rings is 1. The van der Waals surface area contributed by atoms with Gasteiger partial charge in [-0.3, -0.25) is 4.79 Å². The molecule has 5 heteroatoms. The number of carbonyl (C=O) groups excluding carboxylic acids is 1. The molecule has 0 saturated carbocycles. The summed E-state index contributed by atoms with van der Waals surface area (Å²) in [5, 5.41) is 0. The van der Waals surface area contributed by atoms with E-state index in [2.05, 4.69) is 0 Å². The Balaban J connectivity index is 2.88. The fourth-order valence-electron chi connectivity index (χ4n) is 2.36. The first kappa shape index (κ1) is 18.6. The van der Waals surface area contributed by atoms with Gasteiger partial charge in [0.2, 0.25) is 5.91 Å². The zero-order chi connectivity index (χ0) is 16.7. The first-order chi connectivity index (χ1) is 10.4. The predicted octanol–water partition coefficient (Wildman–Crippen LogP) is 3.52. The standard InChI is InChI=1S/C17H25F2NO2/c1-5-12(3)17-14(18)9-13(10-15(17)19)11-16(21)20(6-2)7-8-22-4/h9-10,12H,5-8,11H2,1-4H3. The van der Waals surface area contributed by atoms with Crippen LogP contribution in [0.15, 0.2) is 12.1 Å². The van der Waals surface area contributed by atoms with Crippen LogP contribution < -0.4 is 0 Å². The van der Waals surface area contributed by atoms with Gasteiger partial charge in [-0.25, -0.2) is 8.78 Å². The molecule has 0 N–H and O–H groups in total. The average Bonchev–Trinajstić information content (AvgIpc) is 2.47. The summed E-state index contributed by atoms with van der Waals surface area (Å²) in [5.74, 6) is -1.48. The van der Waals surface area contributed by atoms with Gasteiger partial charge in [-0.1, -0.05) is 13.8 Å². The third-order valence-corrected chi connectivity index (χ3v) is 3.90. The van der Waals surface area contributed by atoms with E-state index in [-0.39, 0.29) is 23.8 Å². The van der Waals surface area contributed by atoms with E-state index >= 15 is 0 Å². The number of carbonyl (C=O) groups is 1. The Bertz CT molecular complexity index is 482. The number of methoxy groups -OCH3 is 1. The van der Waals surface area contributed by atoms with Crippen LogP contribution in [0.1, 0.15) is 44.2 Å². The first-order valence-electron chi connectivity index (χ1n) is 7.69. The lowest BCUT2D eigenvalue weighted by Crippen LogP contribution is -2.34. The van der Waals surface area contributed by atoms with Crippen molar-refractivity contribution in [3.8, 4) is 0 Å². The lowest BCUT2D eigenvalue weighted by atomic mass is 9.95. The Hall–Kier alpha value is -1.49. The van der Waals surface area contributed by atoms with Gasteiger partial charge in [0.15, 0.2) is 0 Å². The van der Waals surface area contributed by atoms with Crippen molar-refractivity contribution < 1.29 is 18.3 Å². The third kappa shape index (κ3) is 4.77. The van der Waals surface area contributed by atoms with E-state index in [1.165, 1.54) is 12.1 Å². The molecular weight excluding hydrogens is 288 g/mol. The molecule has 0 saturated heterocycles. The molecule has 0 aliphatic carbocycles. The molecule has 0 aromatic heterocycles. The number of likely N-dealkylation sites (N-methyl/N-ethyl adjacent to an activating group) is 1. The summed E-state index contributed by atoms with van der Waals surface area (Å²) in [6, 6.07) is 2.54. The number of ether oxygens (including phenoxy) is 1. The summed E-state index contributed by atoms with van der Waals surface area (Å²) < 4.78 is 33.2. The van der Waals surface area contributed by atoms with Crippen LogP contribution in [-0.4, -0.2) is 37.6 Å². The van der Waals surface area contributed by atoms with Crippen molar-refractivity contribution in [3.05, 3.63) is 34.9 Å². The first-order valence-corrected chi connectivity index (χ1v) is 7.69. The predicted molar refractivity (Wildman–Crippen MR) is 82.9 cm³/mol. The van der Waals surface area contributed by atoms with Gasteiger partial charge >= 0.3 is 0 Å². The number of rotatable bonds is 8. The van der Waals surface area contributed by atoms with E-state index in [1.54, 1.807) is 18.9 Å². The molecular formula is C17H25F2NO2. The Morgan fingerprint density at radius 3 is 2.32 bits per heavy atom. The lowest BCUT2D eigenvalue weighted by Gasteiger charge is -2.21. The second-order valence-electron chi connectivity index (χ2n) is 5.43. The summed E-state index contributed by atoms with van der Waals surface area (Å²) in [7, 11) is 1.57. The summed E-state index contributed by atoms with van der Waals surface area (Å²) in [4.78, 5) is 13.8. The van der Waals surface area contributed by atoms with Gasteiger partial charge in [-0.2, -0.15) is 0 Å². The van der Waals surface area contributed by atoms with Crippen molar-refractivity contribution in [3.63, 3.8) is 0 Å². The summed E-state index contributed by atoms with van der Waals surface area (Å²) >= 11 is 0. The number of hydrogen-bond donors (Lipinski definition) is 0.